The van der Waals surface area contributed by atoms with Gasteiger partial charge in [-0.25, -0.2) is 0 Å². The van der Waals surface area contributed by atoms with Crippen molar-refractivity contribution in [3.8, 4) is 0 Å². The molecule has 3 atom stereocenters. The standard InChI is InChI=1S/C23H24N2O3/c1-14-5-2-3-6-16(14)22-18-8-4-7-17(18)19-13-15(9-10-20(19)25-22)23(28)24-12-11-21(26)27/h2-7,9-10,13,17-18,22,25H,8,11-12H2,1H3,(H,24,28)(H,26,27). The predicted octanol–water partition coefficient (Wildman–Crippen LogP) is 4.03. The van der Waals surface area contributed by atoms with Crippen molar-refractivity contribution in [1.29, 1.82) is 0 Å². The number of amides is 1. The van der Waals surface area contributed by atoms with Crippen LogP contribution in [-0.2, 0) is 4.79 Å². The second-order valence-corrected chi connectivity index (χ2v) is 7.53. The van der Waals surface area contributed by atoms with Crippen LogP contribution in [0.15, 0.2) is 54.6 Å². The van der Waals surface area contributed by atoms with E-state index in [2.05, 4.69) is 54.0 Å². The molecule has 2 aromatic rings. The third-order valence-electron chi connectivity index (χ3n) is 5.77. The number of benzene rings is 2. The highest BCUT2D eigenvalue weighted by atomic mass is 16.4. The number of anilines is 1. The van der Waals surface area contributed by atoms with Gasteiger partial charge in [-0.1, -0.05) is 36.4 Å². The minimum atomic E-state index is -0.920. The Bertz CT molecular complexity index is 951. The molecule has 0 radical (unpaired) electrons. The first-order valence-corrected chi connectivity index (χ1v) is 9.67. The van der Waals surface area contributed by atoms with Gasteiger partial charge >= 0.3 is 5.97 Å². The molecule has 1 aliphatic carbocycles. The van der Waals surface area contributed by atoms with Crippen molar-refractivity contribution in [2.45, 2.75) is 31.7 Å². The summed E-state index contributed by atoms with van der Waals surface area (Å²) in [4.78, 5) is 23.0. The molecule has 5 heteroatoms. The Labute approximate surface area is 164 Å². The number of aryl methyl sites for hydroxylation is 1. The molecule has 2 aromatic carbocycles. The molecular formula is C23H24N2O3. The third-order valence-corrected chi connectivity index (χ3v) is 5.77. The van der Waals surface area contributed by atoms with Crippen LogP contribution in [0.4, 0.5) is 5.69 Å². The van der Waals surface area contributed by atoms with Crippen LogP contribution in [0.5, 0.6) is 0 Å². The van der Waals surface area contributed by atoms with Gasteiger partial charge < -0.3 is 15.7 Å². The second-order valence-electron chi connectivity index (χ2n) is 7.53. The molecule has 0 spiro atoms. The summed E-state index contributed by atoms with van der Waals surface area (Å²) in [5.41, 5.74) is 5.36. The van der Waals surface area contributed by atoms with Crippen LogP contribution in [0, 0.1) is 12.8 Å². The van der Waals surface area contributed by atoms with Gasteiger partial charge in [0.15, 0.2) is 0 Å². The summed E-state index contributed by atoms with van der Waals surface area (Å²) in [7, 11) is 0. The normalized spacial score (nSPS) is 22.1. The van der Waals surface area contributed by atoms with Crippen LogP contribution < -0.4 is 10.6 Å². The molecule has 1 aliphatic heterocycles. The molecule has 0 bridgehead atoms. The molecular weight excluding hydrogens is 352 g/mol. The number of carbonyl (C=O) groups is 2. The Morgan fingerprint density at radius 3 is 2.79 bits per heavy atom. The van der Waals surface area contributed by atoms with Crippen molar-refractivity contribution < 1.29 is 14.7 Å². The number of carboxylic acid groups (broad SMARTS) is 1. The van der Waals surface area contributed by atoms with E-state index < -0.39 is 5.97 Å². The van der Waals surface area contributed by atoms with E-state index in [1.165, 1.54) is 11.1 Å². The van der Waals surface area contributed by atoms with Crippen molar-refractivity contribution in [2.24, 2.45) is 5.92 Å². The average Bonchev–Trinajstić information content (AvgIpc) is 3.17. The predicted molar refractivity (Wildman–Crippen MR) is 109 cm³/mol. The Morgan fingerprint density at radius 1 is 1.18 bits per heavy atom. The first kappa shape index (κ1) is 18.3. The quantitative estimate of drug-likeness (QED) is 0.689. The maximum absolute atomic E-state index is 12.4. The molecule has 28 heavy (non-hydrogen) atoms. The fourth-order valence-electron chi connectivity index (χ4n) is 4.36. The highest BCUT2D eigenvalue weighted by Crippen LogP contribution is 2.50. The zero-order valence-corrected chi connectivity index (χ0v) is 15.8. The van der Waals surface area contributed by atoms with Gasteiger partial charge in [-0.15, -0.1) is 0 Å². The van der Waals surface area contributed by atoms with E-state index in [4.69, 9.17) is 5.11 Å². The van der Waals surface area contributed by atoms with Gasteiger partial charge in [0.05, 0.1) is 12.5 Å². The molecule has 144 valence electrons. The van der Waals surface area contributed by atoms with Crippen LogP contribution in [0.1, 0.15) is 51.8 Å². The molecule has 3 unspecified atom stereocenters. The van der Waals surface area contributed by atoms with E-state index in [0.717, 1.165) is 17.7 Å². The molecule has 1 heterocycles. The van der Waals surface area contributed by atoms with Crippen molar-refractivity contribution >= 4 is 17.6 Å². The highest BCUT2D eigenvalue weighted by molar-refractivity contribution is 5.95. The van der Waals surface area contributed by atoms with E-state index in [0.29, 0.717) is 11.5 Å². The maximum atomic E-state index is 12.4. The molecule has 0 fully saturated rings. The van der Waals surface area contributed by atoms with Crippen LogP contribution in [0.3, 0.4) is 0 Å². The summed E-state index contributed by atoms with van der Waals surface area (Å²) < 4.78 is 0. The van der Waals surface area contributed by atoms with Crippen LogP contribution in [-0.4, -0.2) is 23.5 Å². The SMILES string of the molecule is Cc1ccccc1C1Nc2ccc(C(=O)NCCC(=O)O)cc2C2C=CCC21. The minimum absolute atomic E-state index is 0.0796. The van der Waals surface area contributed by atoms with E-state index in [1.54, 1.807) is 6.07 Å². The van der Waals surface area contributed by atoms with Gasteiger partial charge in [-0.3, -0.25) is 9.59 Å². The number of carboxylic acids is 1. The number of allylic oxidation sites excluding steroid dienone is 2. The molecule has 5 nitrogen and oxygen atoms in total. The van der Waals surface area contributed by atoms with E-state index >= 15 is 0 Å². The molecule has 2 aliphatic rings. The zero-order valence-electron chi connectivity index (χ0n) is 15.8. The largest absolute Gasteiger partial charge is 0.481 e. The van der Waals surface area contributed by atoms with Gasteiger partial charge in [0.25, 0.3) is 5.91 Å². The second kappa shape index (κ2) is 7.50. The first-order valence-electron chi connectivity index (χ1n) is 9.67. The number of hydrogen-bond donors (Lipinski definition) is 3. The van der Waals surface area contributed by atoms with Gasteiger partial charge in [-0.05, 0) is 54.2 Å². The van der Waals surface area contributed by atoms with Crippen LogP contribution in [0.2, 0.25) is 0 Å². The molecule has 0 saturated heterocycles. The van der Waals surface area contributed by atoms with Crippen molar-refractivity contribution in [2.75, 3.05) is 11.9 Å². The van der Waals surface area contributed by atoms with E-state index in [-0.39, 0.29) is 30.8 Å². The lowest BCUT2D eigenvalue weighted by molar-refractivity contribution is -0.136. The number of fused-ring (bicyclic) bond motifs is 3. The number of carbonyl (C=O) groups excluding carboxylic acids is 1. The Kier molecular flexibility index (Phi) is 4.90. The summed E-state index contributed by atoms with van der Waals surface area (Å²) in [5.74, 6) is -0.466. The summed E-state index contributed by atoms with van der Waals surface area (Å²) in [6.07, 6.45) is 5.41. The molecule has 1 amide bonds. The van der Waals surface area contributed by atoms with Crippen LogP contribution >= 0.6 is 0 Å². The zero-order chi connectivity index (χ0) is 19.7. The summed E-state index contributed by atoms with van der Waals surface area (Å²) in [5, 5.41) is 15.1. The smallest absolute Gasteiger partial charge is 0.305 e. The van der Waals surface area contributed by atoms with Gasteiger partial charge in [-0.2, -0.15) is 0 Å². The summed E-state index contributed by atoms with van der Waals surface area (Å²) >= 11 is 0. The summed E-state index contributed by atoms with van der Waals surface area (Å²) in [6.45, 7) is 2.28. The molecule has 0 saturated carbocycles. The highest BCUT2D eigenvalue weighted by Gasteiger charge is 2.38. The molecule has 4 rings (SSSR count). The number of nitrogens with one attached hydrogen (secondary N) is 2. The topological polar surface area (TPSA) is 78.4 Å². The Balaban J connectivity index is 1.61. The van der Waals surface area contributed by atoms with Crippen LogP contribution in [0.25, 0.3) is 0 Å². The van der Waals surface area contributed by atoms with Crippen molar-refractivity contribution in [1.82, 2.24) is 5.32 Å². The lowest BCUT2D eigenvalue weighted by Crippen LogP contribution is -2.30. The number of rotatable bonds is 5. The summed E-state index contributed by atoms with van der Waals surface area (Å²) in [6, 6.07) is 14.4. The van der Waals surface area contributed by atoms with Gasteiger partial charge in [0, 0.05) is 23.7 Å². The molecule has 0 aromatic heterocycles. The fourth-order valence-corrected chi connectivity index (χ4v) is 4.36. The molecule has 3 N–H and O–H groups in total. The first-order chi connectivity index (χ1) is 13.5. The van der Waals surface area contributed by atoms with E-state index in [9.17, 15) is 9.59 Å². The van der Waals surface area contributed by atoms with Gasteiger partial charge in [0.1, 0.15) is 0 Å². The third kappa shape index (κ3) is 3.40. The fraction of sp³-hybridized carbons (Fsp3) is 0.304. The maximum Gasteiger partial charge on any atom is 0.305 e. The van der Waals surface area contributed by atoms with E-state index in [1.807, 2.05) is 12.1 Å². The van der Waals surface area contributed by atoms with Gasteiger partial charge in [0.2, 0.25) is 0 Å². The lowest BCUT2D eigenvalue weighted by atomic mass is 9.76. The lowest BCUT2D eigenvalue weighted by Gasteiger charge is -2.38. The average molecular weight is 376 g/mol. The van der Waals surface area contributed by atoms with Crippen molar-refractivity contribution in [3.05, 3.63) is 76.9 Å². The Hall–Kier alpha value is -3.08. The monoisotopic (exact) mass is 376 g/mol. The Morgan fingerprint density at radius 2 is 2.00 bits per heavy atom. The number of aliphatic carboxylic acids is 1. The minimum Gasteiger partial charge on any atom is -0.481 e. The van der Waals surface area contributed by atoms with Crippen molar-refractivity contribution in [3.63, 3.8) is 0 Å². The number of hydrogen-bond acceptors (Lipinski definition) is 3.